The molecule has 1 aliphatic rings. The van der Waals surface area contributed by atoms with Crippen molar-refractivity contribution >= 4 is 33.5 Å². The van der Waals surface area contributed by atoms with Crippen molar-refractivity contribution < 1.29 is 14.7 Å². The van der Waals surface area contributed by atoms with Gasteiger partial charge in [0.05, 0.1) is 11.3 Å². The van der Waals surface area contributed by atoms with Crippen LogP contribution in [0.1, 0.15) is 16.8 Å². The molecule has 18 heavy (non-hydrogen) atoms. The van der Waals surface area contributed by atoms with Crippen molar-refractivity contribution in [3.63, 3.8) is 0 Å². The van der Waals surface area contributed by atoms with E-state index >= 15 is 0 Å². The van der Waals surface area contributed by atoms with Crippen LogP contribution in [0.3, 0.4) is 0 Å². The molecule has 96 valence electrons. The Labute approximate surface area is 113 Å². The molecule has 1 aromatic rings. The molecule has 0 aromatic heterocycles. The minimum atomic E-state index is -1.06. The number of nitrogens with one attached hydrogen (secondary N) is 2. The van der Waals surface area contributed by atoms with E-state index < -0.39 is 5.97 Å². The minimum Gasteiger partial charge on any atom is -0.478 e. The molecule has 0 radical (unpaired) electrons. The van der Waals surface area contributed by atoms with E-state index in [9.17, 15) is 9.59 Å². The molecule has 1 saturated heterocycles. The van der Waals surface area contributed by atoms with Gasteiger partial charge in [-0.2, -0.15) is 0 Å². The second-order valence-electron chi connectivity index (χ2n) is 4.24. The van der Waals surface area contributed by atoms with Crippen molar-refractivity contribution in [1.29, 1.82) is 0 Å². The van der Waals surface area contributed by atoms with Crippen molar-refractivity contribution in [2.75, 3.05) is 18.4 Å². The molecule has 1 amide bonds. The Morgan fingerprint density at radius 2 is 2.17 bits per heavy atom. The smallest absolute Gasteiger partial charge is 0.337 e. The number of hydrogen-bond acceptors (Lipinski definition) is 3. The summed E-state index contributed by atoms with van der Waals surface area (Å²) in [7, 11) is 0. The van der Waals surface area contributed by atoms with Crippen LogP contribution < -0.4 is 10.6 Å². The average Bonchev–Trinajstić information content (AvgIpc) is 2.26. The second kappa shape index (κ2) is 5.49. The van der Waals surface area contributed by atoms with E-state index in [1.165, 1.54) is 6.07 Å². The Hall–Kier alpha value is -1.40. The van der Waals surface area contributed by atoms with E-state index in [1.54, 1.807) is 12.1 Å². The van der Waals surface area contributed by atoms with Gasteiger partial charge in [0.1, 0.15) is 0 Å². The molecule has 1 heterocycles. The number of halogens is 1. The van der Waals surface area contributed by atoms with Gasteiger partial charge in [0, 0.05) is 10.9 Å². The van der Waals surface area contributed by atoms with Crippen LogP contribution in [0.25, 0.3) is 0 Å². The van der Waals surface area contributed by atoms with Crippen molar-refractivity contribution in [3.05, 3.63) is 28.2 Å². The summed E-state index contributed by atoms with van der Waals surface area (Å²) in [5.41, 5.74) is 0.409. The Morgan fingerprint density at radius 3 is 2.72 bits per heavy atom. The summed E-state index contributed by atoms with van der Waals surface area (Å²) in [6.45, 7) is 1.68. The fourth-order valence-electron chi connectivity index (χ4n) is 1.77. The Balaban J connectivity index is 2.11. The van der Waals surface area contributed by atoms with E-state index in [-0.39, 0.29) is 11.5 Å². The largest absolute Gasteiger partial charge is 0.478 e. The predicted molar refractivity (Wildman–Crippen MR) is 70.7 cm³/mol. The molecular weight excluding hydrogens is 300 g/mol. The molecule has 6 heteroatoms. The van der Waals surface area contributed by atoms with E-state index in [0.29, 0.717) is 22.5 Å². The van der Waals surface area contributed by atoms with Gasteiger partial charge in [0.2, 0.25) is 5.91 Å². The first-order chi connectivity index (χ1) is 8.58. The van der Waals surface area contributed by atoms with Crippen LogP contribution in [-0.2, 0) is 4.79 Å². The van der Waals surface area contributed by atoms with E-state index in [0.717, 1.165) is 13.1 Å². The summed E-state index contributed by atoms with van der Waals surface area (Å²) in [6, 6.07) is 4.79. The number of carboxylic acids is 1. The van der Waals surface area contributed by atoms with Crippen LogP contribution in [0, 0.1) is 5.92 Å². The fraction of sp³-hybridized carbons (Fsp3) is 0.333. The minimum absolute atomic E-state index is 0.0875. The van der Waals surface area contributed by atoms with Gasteiger partial charge in [-0.25, -0.2) is 4.79 Å². The number of carbonyl (C=O) groups excluding carboxylic acids is 1. The van der Waals surface area contributed by atoms with Gasteiger partial charge in [0.25, 0.3) is 0 Å². The van der Waals surface area contributed by atoms with Crippen molar-refractivity contribution in [2.24, 2.45) is 5.92 Å². The molecule has 0 unspecified atom stereocenters. The van der Waals surface area contributed by atoms with Crippen LogP contribution in [-0.4, -0.2) is 30.1 Å². The van der Waals surface area contributed by atoms with Crippen LogP contribution in [0.5, 0.6) is 0 Å². The normalized spacial score (nSPS) is 14.9. The Kier molecular flexibility index (Phi) is 3.98. The summed E-state index contributed by atoms with van der Waals surface area (Å²) in [4.78, 5) is 22.9. The summed E-state index contributed by atoms with van der Waals surface area (Å²) in [6.07, 6.45) is 0.410. The maximum Gasteiger partial charge on any atom is 0.337 e. The maximum atomic E-state index is 11.8. The van der Waals surface area contributed by atoms with Crippen molar-refractivity contribution in [1.82, 2.24) is 5.32 Å². The Bertz CT molecular complexity index is 486. The highest BCUT2D eigenvalue weighted by atomic mass is 79.9. The van der Waals surface area contributed by atoms with Gasteiger partial charge in [-0.15, -0.1) is 0 Å². The third-order valence-corrected chi connectivity index (χ3v) is 3.51. The predicted octanol–water partition coefficient (Wildman–Crippen LogP) is 1.70. The molecule has 1 aromatic carbocycles. The first-order valence-corrected chi connectivity index (χ1v) is 6.39. The first-order valence-electron chi connectivity index (χ1n) is 5.60. The maximum absolute atomic E-state index is 11.8. The highest BCUT2D eigenvalue weighted by Crippen LogP contribution is 2.27. The van der Waals surface area contributed by atoms with Crippen LogP contribution in [0.4, 0.5) is 5.69 Å². The van der Waals surface area contributed by atoms with Crippen molar-refractivity contribution in [2.45, 2.75) is 6.42 Å². The molecule has 1 fully saturated rings. The number of carboxylic acid groups (broad SMARTS) is 1. The number of rotatable bonds is 4. The van der Waals surface area contributed by atoms with Crippen LogP contribution in [0.15, 0.2) is 22.7 Å². The topological polar surface area (TPSA) is 78.4 Å². The molecule has 0 atom stereocenters. The fourth-order valence-corrected chi connectivity index (χ4v) is 2.24. The lowest BCUT2D eigenvalue weighted by molar-refractivity contribution is -0.117. The third-order valence-electron chi connectivity index (χ3n) is 2.85. The quantitative estimate of drug-likeness (QED) is 0.790. The van der Waals surface area contributed by atoms with E-state index in [2.05, 4.69) is 26.6 Å². The number of aromatic carboxylic acids is 1. The lowest BCUT2D eigenvalue weighted by Gasteiger charge is -2.26. The molecule has 1 aliphatic heterocycles. The molecule has 5 nitrogen and oxygen atoms in total. The van der Waals surface area contributed by atoms with Gasteiger partial charge < -0.3 is 15.7 Å². The Morgan fingerprint density at radius 1 is 1.44 bits per heavy atom. The van der Waals surface area contributed by atoms with Gasteiger partial charge in [-0.3, -0.25) is 4.79 Å². The zero-order valence-electron chi connectivity index (χ0n) is 9.57. The standard InChI is InChI=1S/C12H13BrN2O3/c13-9-3-1-2-8(12(17)18)11(9)15-10(16)4-7-5-14-6-7/h1-3,7,14H,4-6H2,(H,15,16)(H,17,18). The zero-order valence-corrected chi connectivity index (χ0v) is 11.2. The van der Waals surface area contributed by atoms with E-state index in [4.69, 9.17) is 5.11 Å². The van der Waals surface area contributed by atoms with Crippen LogP contribution >= 0.6 is 15.9 Å². The van der Waals surface area contributed by atoms with Crippen molar-refractivity contribution in [3.8, 4) is 0 Å². The van der Waals surface area contributed by atoms with Crippen LogP contribution in [0.2, 0.25) is 0 Å². The summed E-state index contributed by atoms with van der Waals surface area (Å²) >= 11 is 3.25. The lowest BCUT2D eigenvalue weighted by atomic mass is 9.99. The number of benzene rings is 1. The number of amides is 1. The number of anilines is 1. The SMILES string of the molecule is O=C(CC1CNC1)Nc1c(Br)cccc1C(=O)O. The second-order valence-corrected chi connectivity index (χ2v) is 5.10. The third kappa shape index (κ3) is 2.88. The first kappa shape index (κ1) is 13.0. The number of hydrogen-bond donors (Lipinski definition) is 3. The van der Waals surface area contributed by atoms with Gasteiger partial charge >= 0.3 is 5.97 Å². The molecule has 3 N–H and O–H groups in total. The summed E-state index contributed by atoms with van der Waals surface area (Å²) in [5, 5.41) is 14.8. The highest BCUT2D eigenvalue weighted by molar-refractivity contribution is 9.10. The average molecular weight is 313 g/mol. The van der Waals surface area contributed by atoms with Gasteiger partial charge in [0.15, 0.2) is 0 Å². The number of carbonyl (C=O) groups is 2. The number of para-hydroxylation sites is 1. The summed E-state index contributed by atoms with van der Waals surface area (Å²) in [5.74, 6) is -0.867. The highest BCUT2D eigenvalue weighted by Gasteiger charge is 2.22. The molecular formula is C12H13BrN2O3. The molecule has 0 spiro atoms. The van der Waals surface area contributed by atoms with E-state index in [1.807, 2.05) is 0 Å². The van der Waals surface area contributed by atoms with Gasteiger partial charge in [-0.1, -0.05) is 6.07 Å². The molecule has 0 saturated carbocycles. The molecule has 2 rings (SSSR count). The lowest BCUT2D eigenvalue weighted by Crippen LogP contribution is -2.43. The zero-order chi connectivity index (χ0) is 13.1. The monoisotopic (exact) mass is 312 g/mol. The summed E-state index contributed by atoms with van der Waals surface area (Å²) < 4.78 is 0.572. The van der Waals surface area contributed by atoms with Gasteiger partial charge in [-0.05, 0) is 47.1 Å². The molecule has 0 aliphatic carbocycles. The molecule has 0 bridgehead atoms.